The van der Waals surface area contributed by atoms with E-state index in [-0.39, 0.29) is 19.6 Å². The van der Waals surface area contributed by atoms with E-state index in [1.54, 1.807) is 6.08 Å². The predicted molar refractivity (Wildman–Crippen MR) is 187 cm³/mol. The number of phosphoric ester groups is 1. The van der Waals surface area contributed by atoms with Crippen molar-refractivity contribution in [1.29, 1.82) is 0 Å². The molecule has 0 fully saturated rings. The average Bonchev–Trinajstić information content (AvgIpc) is 2.98. The first-order chi connectivity index (χ1) is 21.6. The van der Waals surface area contributed by atoms with Crippen LogP contribution in [0.15, 0.2) is 72.9 Å². The molecule has 45 heavy (non-hydrogen) atoms. The summed E-state index contributed by atoms with van der Waals surface area (Å²) in [6, 6.07) is 0. The normalized spacial score (nSPS) is 15.1. The number of likely N-dealkylation sites (N-methyl/N-ethyl adjacent to an activating group) is 1. The Morgan fingerprint density at radius 1 is 0.689 bits per heavy atom. The van der Waals surface area contributed by atoms with E-state index in [1.807, 2.05) is 33.3 Å². The standard InChI is InChI=1S/C36H62NO7P/c1-5-6-7-8-9-10-11-12-13-14-15-16-17-18-19-20-21-22-23-24-25-26-27-28-29-30-36(39)42-33-35(38)34-44-45(40,41)43-32-31-37(2,3)4/h13-14,16-17,19-20,22-23,25-26,28-29,35,38H,5-12,15,18,21,24,27,30-34H2,1-4H3/p+1/t35-/m1/s1. The van der Waals surface area contributed by atoms with E-state index in [4.69, 9.17) is 13.8 Å². The van der Waals surface area contributed by atoms with Crippen LogP contribution in [0.3, 0.4) is 0 Å². The number of aliphatic hydroxyl groups is 1. The summed E-state index contributed by atoms with van der Waals surface area (Å²) in [5.41, 5.74) is 0. The Kier molecular flexibility index (Phi) is 28.0. The molecule has 9 heteroatoms. The van der Waals surface area contributed by atoms with Crippen molar-refractivity contribution >= 4 is 13.8 Å². The highest BCUT2D eigenvalue weighted by Gasteiger charge is 2.24. The molecule has 0 aromatic rings. The summed E-state index contributed by atoms with van der Waals surface area (Å²) in [7, 11) is 1.50. The molecule has 0 aliphatic carbocycles. The van der Waals surface area contributed by atoms with Gasteiger partial charge in [-0.05, 0) is 44.9 Å². The Bertz CT molecular complexity index is 948. The monoisotopic (exact) mass is 652 g/mol. The summed E-state index contributed by atoms with van der Waals surface area (Å²) < 4.78 is 27.0. The third-order valence-electron chi connectivity index (χ3n) is 6.50. The molecular weight excluding hydrogens is 589 g/mol. The lowest BCUT2D eigenvalue weighted by molar-refractivity contribution is -0.870. The summed E-state index contributed by atoms with van der Waals surface area (Å²) in [5.74, 6) is -0.502. The largest absolute Gasteiger partial charge is 0.472 e. The Morgan fingerprint density at radius 3 is 1.67 bits per heavy atom. The molecule has 0 spiro atoms. The average molecular weight is 653 g/mol. The van der Waals surface area contributed by atoms with Crippen molar-refractivity contribution < 1.29 is 37.6 Å². The SMILES string of the molecule is CCCCCCCCCC=CCC=CCC=CCC=CCC=CCC=CCC(=O)OC[C@@H](O)COP(=O)(O)OCC[N+](C)(C)C. The minimum absolute atomic E-state index is 0.0362. The fraction of sp³-hybridized carbons (Fsp3) is 0.639. The van der Waals surface area contributed by atoms with Gasteiger partial charge in [0.1, 0.15) is 25.9 Å². The minimum atomic E-state index is -4.27. The van der Waals surface area contributed by atoms with Crippen LogP contribution in [-0.2, 0) is 23.1 Å². The highest BCUT2D eigenvalue weighted by Crippen LogP contribution is 2.43. The second kappa shape index (κ2) is 29.3. The Labute approximate surface area is 274 Å². The first kappa shape index (κ1) is 42.9. The molecule has 0 saturated carbocycles. The lowest BCUT2D eigenvalue weighted by atomic mass is 10.1. The van der Waals surface area contributed by atoms with Gasteiger partial charge in [0, 0.05) is 0 Å². The molecule has 1 unspecified atom stereocenters. The molecule has 258 valence electrons. The van der Waals surface area contributed by atoms with Crippen molar-refractivity contribution in [3.8, 4) is 0 Å². The van der Waals surface area contributed by atoms with Crippen molar-refractivity contribution in [2.24, 2.45) is 0 Å². The number of ether oxygens (including phenoxy) is 1. The zero-order valence-corrected chi connectivity index (χ0v) is 29.5. The van der Waals surface area contributed by atoms with E-state index in [0.717, 1.165) is 25.7 Å². The highest BCUT2D eigenvalue weighted by molar-refractivity contribution is 7.47. The molecule has 0 rings (SSSR count). The minimum Gasteiger partial charge on any atom is -0.463 e. The molecule has 0 saturated heterocycles. The van der Waals surface area contributed by atoms with Gasteiger partial charge in [-0.25, -0.2) is 4.57 Å². The summed E-state index contributed by atoms with van der Waals surface area (Å²) in [6.07, 6.45) is 39.5. The molecule has 2 N–H and O–H groups in total. The zero-order chi connectivity index (χ0) is 33.5. The first-order valence-electron chi connectivity index (χ1n) is 16.7. The number of esters is 1. The first-order valence-corrected chi connectivity index (χ1v) is 18.2. The van der Waals surface area contributed by atoms with Gasteiger partial charge in [-0.3, -0.25) is 13.8 Å². The topological polar surface area (TPSA) is 102 Å². The fourth-order valence-corrected chi connectivity index (χ4v) is 4.56. The van der Waals surface area contributed by atoms with E-state index in [9.17, 15) is 19.4 Å². The maximum atomic E-state index is 11.8. The number of hydrogen-bond donors (Lipinski definition) is 2. The van der Waals surface area contributed by atoms with Crippen LogP contribution in [-0.4, -0.2) is 74.1 Å². The molecule has 0 heterocycles. The van der Waals surface area contributed by atoms with Crippen LogP contribution in [0.2, 0.25) is 0 Å². The number of unbranched alkanes of at least 4 members (excludes halogenated alkanes) is 7. The summed E-state index contributed by atoms with van der Waals surface area (Å²) >= 11 is 0. The van der Waals surface area contributed by atoms with Crippen LogP contribution in [0.4, 0.5) is 0 Å². The molecule has 0 radical (unpaired) electrons. The lowest BCUT2D eigenvalue weighted by Crippen LogP contribution is -2.37. The van der Waals surface area contributed by atoms with Gasteiger partial charge in [0.2, 0.25) is 0 Å². The second-order valence-electron chi connectivity index (χ2n) is 12.1. The van der Waals surface area contributed by atoms with Crippen molar-refractivity contribution in [3.05, 3.63) is 72.9 Å². The predicted octanol–water partition coefficient (Wildman–Crippen LogP) is 8.55. The lowest BCUT2D eigenvalue weighted by Gasteiger charge is -2.24. The van der Waals surface area contributed by atoms with Gasteiger partial charge in [0.05, 0.1) is 34.2 Å². The van der Waals surface area contributed by atoms with E-state index >= 15 is 0 Å². The van der Waals surface area contributed by atoms with Crippen LogP contribution in [0.25, 0.3) is 0 Å². The number of hydrogen-bond acceptors (Lipinski definition) is 6. The van der Waals surface area contributed by atoms with Crippen molar-refractivity contribution in [2.45, 2.75) is 103 Å². The fourth-order valence-electron chi connectivity index (χ4n) is 3.82. The van der Waals surface area contributed by atoms with Gasteiger partial charge >= 0.3 is 13.8 Å². The maximum absolute atomic E-state index is 11.8. The van der Waals surface area contributed by atoms with E-state index < -0.39 is 26.5 Å². The maximum Gasteiger partial charge on any atom is 0.472 e. The van der Waals surface area contributed by atoms with Crippen molar-refractivity contribution in [1.82, 2.24) is 0 Å². The van der Waals surface area contributed by atoms with E-state index in [0.29, 0.717) is 17.4 Å². The molecule has 0 aliphatic heterocycles. The van der Waals surface area contributed by atoms with Gasteiger partial charge < -0.3 is 19.2 Å². The number of nitrogens with zero attached hydrogens (tertiary/aromatic N) is 1. The molecule has 0 aromatic carbocycles. The molecule has 0 aromatic heterocycles. The smallest absolute Gasteiger partial charge is 0.463 e. The van der Waals surface area contributed by atoms with Gasteiger partial charge in [0.25, 0.3) is 0 Å². The Hall–Kier alpha value is -2.06. The van der Waals surface area contributed by atoms with Crippen LogP contribution in [0, 0.1) is 0 Å². The second-order valence-corrected chi connectivity index (χ2v) is 13.5. The van der Waals surface area contributed by atoms with Crippen molar-refractivity contribution in [2.75, 3.05) is 47.5 Å². The number of carbonyl (C=O) groups excluding carboxylic acids is 1. The van der Waals surface area contributed by atoms with E-state index in [2.05, 4.69) is 61.6 Å². The van der Waals surface area contributed by atoms with Crippen LogP contribution in [0.1, 0.15) is 96.8 Å². The highest BCUT2D eigenvalue weighted by atomic mass is 31.2. The Balaban J connectivity index is 3.75. The number of carbonyl (C=O) groups is 1. The van der Waals surface area contributed by atoms with Gasteiger partial charge in [-0.1, -0.05) is 118 Å². The molecule has 8 nitrogen and oxygen atoms in total. The number of phosphoric acid groups is 1. The number of rotatable bonds is 29. The number of quaternary nitrogens is 1. The number of allylic oxidation sites excluding steroid dienone is 11. The zero-order valence-electron chi connectivity index (χ0n) is 28.6. The van der Waals surface area contributed by atoms with Gasteiger partial charge in [-0.15, -0.1) is 0 Å². The molecule has 0 amide bonds. The van der Waals surface area contributed by atoms with Gasteiger partial charge in [0.15, 0.2) is 0 Å². The van der Waals surface area contributed by atoms with Gasteiger partial charge in [-0.2, -0.15) is 0 Å². The summed E-state index contributed by atoms with van der Waals surface area (Å²) in [4.78, 5) is 21.5. The summed E-state index contributed by atoms with van der Waals surface area (Å²) in [5, 5.41) is 9.85. The van der Waals surface area contributed by atoms with Crippen LogP contribution >= 0.6 is 7.82 Å². The quantitative estimate of drug-likeness (QED) is 0.0274. The number of aliphatic hydroxyl groups excluding tert-OH is 1. The molecular formula is C36H63NO7P+. The van der Waals surface area contributed by atoms with Crippen LogP contribution < -0.4 is 0 Å². The molecule has 0 bridgehead atoms. The molecule has 2 atom stereocenters. The van der Waals surface area contributed by atoms with Crippen LogP contribution in [0.5, 0.6) is 0 Å². The summed E-state index contributed by atoms with van der Waals surface area (Å²) in [6.45, 7) is 2.00. The Morgan fingerprint density at radius 2 is 1.16 bits per heavy atom. The van der Waals surface area contributed by atoms with Crippen molar-refractivity contribution in [3.63, 3.8) is 0 Å². The van der Waals surface area contributed by atoms with E-state index in [1.165, 1.54) is 51.4 Å². The molecule has 0 aliphatic rings. The third kappa shape index (κ3) is 34.7. The third-order valence-corrected chi connectivity index (χ3v) is 7.49.